The number of carbonyl (C=O) groups excluding carboxylic acids is 4. The van der Waals surface area contributed by atoms with Gasteiger partial charge in [-0.1, -0.05) is 108 Å². The summed E-state index contributed by atoms with van der Waals surface area (Å²) in [6.45, 7) is 3.89. The van der Waals surface area contributed by atoms with E-state index in [2.05, 4.69) is 34.0 Å². The number of amides is 3. The highest BCUT2D eigenvalue weighted by Crippen LogP contribution is 2.66. The Morgan fingerprint density at radius 3 is 2.33 bits per heavy atom. The number of hydrogen-bond acceptors (Lipinski definition) is 11. The molecule has 3 amide bonds. The van der Waals surface area contributed by atoms with Crippen LogP contribution in [0.2, 0.25) is 0 Å². The van der Waals surface area contributed by atoms with Crippen molar-refractivity contribution in [1.82, 2.24) is 25.2 Å². The molecule has 9 rings (SSSR count). The second-order valence-corrected chi connectivity index (χ2v) is 15.4. The van der Waals surface area contributed by atoms with Crippen molar-refractivity contribution in [3.63, 3.8) is 0 Å². The lowest BCUT2D eigenvalue weighted by Gasteiger charge is -2.46. The Bertz CT molecular complexity index is 2790. The van der Waals surface area contributed by atoms with Crippen molar-refractivity contribution in [2.75, 3.05) is 31.8 Å². The second-order valence-electron chi connectivity index (χ2n) is 15.4. The fourth-order valence-electron chi connectivity index (χ4n) is 9.43. The second kappa shape index (κ2) is 17.0. The molecule has 63 heavy (non-hydrogen) atoms. The van der Waals surface area contributed by atoms with Gasteiger partial charge in [0.15, 0.2) is 0 Å². The zero-order valence-electron chi connectivity index (χ0n) is 34.2. The van der Waals surface area contributed by atoms with Crippen LogP contribution in [0.5, 0.6) is 5.75 Å². The number of ether oxygens (including phenoxy) is 3. The van der Waals surface area contributed by atoms with Crippen LogP contribution in [0, 0.1) is 17.8 Å². The molecule has 6 unspecified atom stereocenters. The number of esters is 1. The molecule has 0 radical (unpaired) electrons. The number of para-hydroxylation sites is 1. The highest BCUT2D eigenvalue weighted by Gasteiger charge is 2.75. The highest BCUT2D eigenvalue weighted by molar-refractivity contribution is 6.23. The largest absolute Gasteiger partial charge is 0.508 e. The number of phenolic OH excluding ortho intramolecular Hbond substituents is 1. The van der Waals surface area contributed by atoms with E-state index < -0.39 is 59.4 Å². The summed E-state index contributed by atoms with van der Waals surface area (Å²) in [4.78, 5) is 63.4. The summed E-state index contributed by atoms with van der Waals surface area (Å²) in [6.07, 6.45) is -0.390. The summed E-state index contributed by atoms with van der Waals surface area (Å²) in [7, 11) is 1.46. The number of phenols is 1. The molecule has 4 heterocycles. The number of carbonyl (C=O) groups is 4. The minimum absolute atomic E-state index is 0.0120. The summed E-state index contributed by atoms with van der Waals surface area (Å²) >= 11 is 0. The Hall–Kier alpha value is -7.60. The first-order valence-electron chi connectivity index (χ1n) is 20.4. The van der Waals surface area contributed by atoms with Crippen molar-refractivity contribution in [3.05, 3.63) is 168 Å². The van der Waals surface area contributed by atoms with Crippen LogP contribution < -0.4 is 10.2 Å². The van der Waals surface area contributed by atoms with Crippen molar-refractivity contribution < 1.29 is 38.5 Å². The first-order chi connectivity index (χ1) is 30.8. The summed E-state index contributed by atoms with van der Waals surface area (Å²) in [5.41, 5.74) is 2.32. The smallest absolute Gasteiger partial charge is 0.421 e. The molecule has 2 N–H and O–H groups in total. The van der Waals surface area contributed by atoms with Gasteiger partial charge in [-0.05, 0) is 64.7 Å². The van der Waals surface area contributed by atoms with Gasteiger partial charge in [0, 0.05) is 19.2 Å². The maximum Gasteiger partial charge on any atom is 0.421 e. The van der Waals surface area contributed by atoms with Crippen LogP contribution in [0.15, 0.2) is 140 Å². The zero-order chi connectivity index (χ0) is 43.7. The van der Waals surface area contributed by atoms with Crippen LogP contribution >= 0.6 is 0 Å². The standard InChI is InChI=1S/C49H42N6O8/c1-3-26-50-45(57)40-42-46(58)63-43(33-16-8-5-9-17-33)41(32-14-6-4-7-15-32)55(42)44(34-21-23-35(56)24-22-34)49(40)36-30-31(13-12-27-53-39-19-11-10-18-37(39)51-52-53)20-25-38(36)54(47(49)59)48(60)62-29-28-61-2/h3-11,14-25,30,40-44,56H,1,26-29H2,2H3,(H,50,57). The summed E-state index contributed by atoms with van der Waals surface area (Å²) in [5, 5.41) is 22.0. The van der Waals surface area contributed by atoms with Gasteiger partial charge in [0.2, 0.25) is 11.8 Å². The lowest BCUT2D eigenvalue weighted by molar-refractivity contribution is -0.178. The molecular weight excluding hydrogens is 801 g/mol. The van der Waals surface area contributed by atoms with Crippen molar-refractivity contribution >= 4 is 40.6 Å². The SMILES string of the molecule is C=CCNC(=O)C1C2C(=O)OC(c3ccccc3)C(c3ccccc3)N2C(c2ccc(O)cc2)C12C(=O)N(C(=O)OCCOC)c1ccc(C#CCn3nnc4ccccc43)cc12. The average molecular weight is 843 g/mol. The number of hydrogen-bond donors (Lipinski definition) is 2. The van der Waals surface area contributed by atoms with E-state index in [1.54, 1.807) is 35.0 Å². The lowest BCUT2D eigenvalue weighted by atomic mass is 9.65. The Balaban J connectivity index is 1.31. The molecule has 2 fully saturated rings. The molecule has 1 spiro atoms. The molecule has 0 bridgehead atoms. The van der Waals surface area contributed by atoms with Gasteiger partial charge in [-0.2, -0.15) is 0 Å². The highest BCUT2D eigenvalue weighted by atomic mass is 16.6. The number of morpholine rings is 1. The maximum absolute atomic E-state index is 16.1. The molecule has 0 saturated carbocycles. The monoisotopic (exact) mass is 842 g/mol. The third-order valence-electron chi connectivity index (χ3n) is 11.9. The minimum Gasteiger partial charge on any atom is -0.508 e. The normalized spacial score (nSPS) is 22.5. The summed E-state index contributed by atoms with van der Waals surface area (Å²) in [6, 6.07) is 34.3. The van der Waals surface area contributed by atoms with Crippen molar-refractivity contribution in [2.24, 2.45) is 5.92 Å². The number of fused-ring (bicyclic) bond motifs is 4. The fourth-order valence-corrected chi connectivity index (χ4v) is 9.43. The molecule has 14 heteroatoms. The predicted molar refractivity (Wildman–Crippen MR) is 231 cm³/mol. The fraction of sp³-hybridized carbons (Fsp3) is 0.224. The van der Waals surface area contributed by atoms with Gasteiger partial charge in [0.05, 0.1) is 35.8 Å². The topological polar surface area (TPSA) is 165 Å². The van der Waals surface area contributed by atoms with Crippen LogP contribution in [-0.4, -0.2) is 81.8 Å². The number of aromatic hydroxyl groups is 1. The first-order valence-corrected chi connectivity index (χ1v) is 20.4. The van der Waals surface area contributed by atoms with E-state index in [0.29, 0.717) is 16.7 Å². The zero-order valence-corrected chi connectivity index (χ0v) is 34.2. The molecule has 5 aromatic carbocycles. The van der Waals surface area contributed by atoms with E-state index in [1.165, 1.54) is 25.3 Å². The van der Waals surface area contributed by atoms with E-state index in [9.17, 15) is 9.90 Å². The predicted octanol–water partition coefficient (Wildman–Crippen LogP) is 5.94. The van der Waals surface area contributed by atoms with E-state index >= 15 is 14.4 Å². The quantitative estimate of drug-likeness (QED) is 0.0726. The van der Waals surface area contributed by atoms with Crippen LogP contribution in [0.4, 0.5) is 10.5 Å². The van der Waals surface area contributed by atoms with Gasteiger partial charge < -0.3 is 24.6 Å². The molecule has 3 aliphatic rings. The van der Waals surface area contributed by atoms with Crippen molar-refractivity contribution in [3.8, 4) is 17.6 Å². The van der Waals surface area contributed by atoms with Gasteiger partial charge in [0.25, 0.3) is 0 Å². The number of anilines is 1. The number of rotatable bonds is 10. The van der Waals surface area contributed by atoms with E-state index in [1.807, 2.05) is 89.8 Å². The Kier molecular flexibility index (Phi) is 11.0. The van der Waals surface area contributed by atoms with Gasteiger partial charge in [-0.25, -0.2) is 14.4 Å². The van der Waals surface area contributed by atoms with Crippen LogP contribution in [0.3, 0.4) is 0 Å². The third kappa shape index (κ3) is 6.97. The van der Waals surface area contributed by atoms with Gasteiger partial charge in [-0.3, -0.25) is 19.3 Å². The summed E-state index contributed by atoms with van der Waals surface area (Å²) in [5.74, 6) is 2.67. The Morgan fingerprint density at radius 1 is 0.889 bits per heavy atom. The number of imide groups is 1. The Morgan fingerprint density at radius 2 is 1.60 bits per heavy atom. The molecule has 6 atom stereocenters. The molecule has 2 saturated heterocycles. The van der Waals surface area contributed by atoms with Gasteiger partial charge in [-0.15, -0.1) is 11.7 Å². The molecular formula is C49H42N6O8. The number of aromatic nitrogens is 3. The van der Waals surface area contributed by atoms with Crippen LogP contribution in [0.1, 0.15) is 46.0 Å². The van der Waals surface area contributed by atoms with E-state index in [0.717, 1.165) is 21.5 Å². The average Bonchev–Trinajstić information content (AvgIpc) is 3.95. The molecule has 1 aromatic heterocycles. The molecule has 0 aliphatic carbocycles. The molecule has 3 aliphatic heterocycles. The number of cyclic esters (lactones) is 1. The minimum atomic E-state index is -2.01. The lowest BCUT2D eigenvalue weighted by Crippen LogP contribution is -2.55. The number of methoxy groups -OCH3 is 1. The van der Waals surface area contributed by atoms with Gasteiger partial charge in [0.1, 0.15) is 42.0 Å². The number of benzene rings is 5. The van der Waals surface area contributed by atoms with Crippen molar-refractivity contribution in [2.45, 2.75) is 36.2 Å². The molecule has 6 aromatic rings. The summed E-state index contributed by atoms with van der Waals surface area (Å²) < 4.78 is 18.9. The Labute approximate surface area is 362 Å². The van der Waals surface area contributed by atoms with Crippen molar-refractivity contribution in [1.29, 1.82) is 0 Å². The first kappa shape index (κ1) is 40.8. The number of nitrogens with one attached hydrogen (secondary N) is 1. The van der Waals surface area contributed by atoms with E-state index in [4.69, 9.17) is 14.2 Å². The maximum atomic E-state index is 16.1. The molecule has 14 nitrogen and oxygen atoms in total. The van der Waals surface area contributed by atoms with Crippen LogP contribution in [-0.2, 0) is 40.6 Å². The van der Waals surface area contributed by atoms with Gasteiger partial charge >= 0.3 is 12.1 Å². The molecule has 316 valence electrons. The number of nitrogens with zero attached hydrogens (tertiary/aromatic N) is 5. The van der Waals surface area contributed by atoms with Crippen LogP contribution in [0.25, 0.3) is 11.0 Å². The third-order valence-corrected chi connectivity index (χ3v) is 11.9. The van der Waals surface area contributed by atoms with E-state index in [-0.39, 0.29) is 43.3 Å².